The summed E-state index contributed by atoms with van der Waals surface area (Å²) in [5.74, 6) is 2.00. The summed E-state index contributed by atoms with van der Waals surface area (Å²) in [7, 11) is 0. The monoisotopic (exact) mass is 470 g/mol. The molecule has 9 heteroatoms. The van der Waals surface area contributed by atoms with Crippen molar-refractivity contribution in [1.29, 1.82) is 0 Å². The van der Waals surface area contributed by atoms with Gasteiger partial charge in [0.15, 0.2) is 0 Å². The molecule has 2 heterocycles. The number of anilines is 1. The van der Waals surface area contributed by atoms with Crippen molar-refractivity contribution in [2.24, 2.45) is 0 Å². The summed E-state index contributed by atoms with van der Waals surface area (Å²) >= 11 is 0. The largest absolute Gasteiger partial charge is 0.494 e. The van der Waals surface area contributed by atoms with Gasteiger partial charge in [0.2, 0.25) is 5.91 Å². The summed E-state index contributed by atoms with van der Waals surface area (Å²) < 4.78 is 16.1. The molecule has 1 saturated heterocycles. The number of benzene rings is 1. The number of carbonyl (C=O) groups is 2. The van der Waals surface area contributed by atoms with E-state index in [4.69, 9.17) is 14.2 Å². The average molecular weight is 471 g/mol. The Bertz CT molecular complexity index is 905. The van der Waals surface area contributed by atoms with Crippen LogP contribution in [0.2, 0.25) is 0 Å². The Morgan fingerprint density at radius 1 is 0.941 bits per heavy atom. The Morgan fingerprint density at radius 2 is 1.71 bits per heavy atom. The maximum atomic E-state index is 12.4. The van der Waals surface area contributed by atoms with Gasteiger partial charge in [-0.3, -0.25) is 9.69 Å². The molecular formula is C25H34N4O5. The molecule has 1 aromatic heterocycles. The number of nitrogens with one attached hydrogen (secondary N) is 1. The van der Waals surface area contributed by atoms with Gasteiger partial charge in [0.25, 0.3) is 0 Å². The van der Waals surface area contributed by atoms with Crippen LogP contribution in [0.1, 0.15) is 30.6 Å². The lowest BCUT2D eigenvalue weighted by Gasteiger charge is -2.22. The number of nitrogens with zero attached hydrogens (tertiary/aromatic N) is 3. The number of aromatic nitrogens is 1. The molecule has 2 aromatic rings. The smallest absolute Gasteiger partial charge is 0.339 e. The number of ether oxygens (including phenoxy) is 3. The van der Waals surface area contributed by atoms with E-state index in [-0.39, 0.29) is 11.9 Å². The number of amides is 1. The maximum Gasteiger partial charge on any atom is 0.339 e. The van der Waals surface area contributed by atoms with Gasteiger partial charge in [-0.2, -0.15) is 0 Å². The second kappa shape index (κ2) is 13.4. The molecule has 1 aliphatic heterocycles. The summed E-state index contributed by atoms with van der Waals surface area (Å²) in [6.45, 7) is 9.11. The molecule has 0 spiro atoms. The Kier molecular flexibility index (Phi) is 9.97. The normalized spacial score (nSPS) is 14.2. The number of hydrogen-bond donors (Lipinski definition) is 1. The molecule has 184 valence electrons. The Morgan fingerprint density at radius 3 is 2.38 bits per heavy atom. The quantitative estimate of drug-likeness (QED) is 0.395. The van der Waals surface area contributed by atoms with Gasteiger partial charge in [-0.1, -0.05) is 0 Å². The first-order chi connectivity index (χ1) is 16.6. The maximum absolute atomic E-state index is 12.4. The third-order valence-corrected chi connectivity index (χ3v) is 5.37. The molecule has 1 fully saturated rings. The van der Waals surface area contributed by atoms with Crippen molar-refractivity contribution >= 4 is 17.7 Å². The number of hydrogen-bond acceptors (Lipinski definition) is 8. The van der Waals surface area contributed by atoms with Gasteiger partial charge in [-0.15, -0.1) is 0 Å². The van der Waals surface area contributed by atoms with Crippen molar-refractivity contribution in [2.45, 2.75) is 20.3 Å². The van der Waals surface area contributed by atoms with E-state index >= 15 is 0 Å². The van der Waals surface area contributed by atoms with Crippen LogP contribution in [0.5, 0.6) is 11.5 Å². The van der Waals surface area contributed by atoms with Gasteiger partial charge in [0.05, 0.1) is 31.9 Å². The fourth-order valence-corrected chi connectivity index (χ4v) is 3.68. The molecule has 1 amide bonds. The van der Waals surface area contributed by atoms with E-state index in [0.29, 0.717) is 38.5 Å². The highest BCUT2D eigenvalue weighted by atomic mass is 16.5. The number of pyridine rings is 1. The van der Waals surface area contributed by atoms with Gasteiger partial charge in [-0.05, 0) is 56.7 Å². The first-order valence-electron chi connectivity index (χ1n) is 11.8. The van der Waals surface area contributed by atoms with Gasteiger partial charge in [0, 0.05) is 32.4 Å². The fraction of sp³-hybridized carbons (Fsp3) is 0.480. The second-order valence-electron chi connectivity index (χ2n) is 7.85. The van der Waals surface area contributed by atoms with Crippen LogP contribution < -0.4 is 19.7 Å². The molecule has 0 atom stereocenters. The van der Waals surface area contributed by atoms with Crippen molar-refractivity contribution in [3.05, 3.63) is 48.2 Å². The highest BCUT2D eigenvalue weighted by molar-refractivity contribution is 5.89. The second-order valence-corrected chi connectivity index (χ2v) is 7.85. The molecular weight excluding hydrogens is 436 g/mol. The van der Waals surface area contributed by atoms with Gasteiger partial charge < -0.3 is 24.4 Å². The Hall–Kier alpha value is -3.33. The number of esters is 1. The van der Waals surface area contributed by atoms with Crippen LogP contribution in [0.25, 0.3) is 0 Å². The van der Waals surface area contributed by atoms with Crippen LogP contribution in [0.15, 0.2) is 42.6 Å². The van der Waals surface area contributed by atoms with E-state index in [9.17, 15) is 9.59 Å². The summed E-state index contributed by atoms with van der Waals surface area (Å²) in [6.07, 6.45) is 2.48. The van der Waals surface area contributed by atoms with Gasteiger partial charge in [-0.25, -0.2) is 9.78 Å². The van der Waals surface area contributed by atoms with Gasteiger partial charge in [0.1, 0.15) is 23.9 Å². The molecule has 1 aliphatic rings. The zero-order valence-corrected chi connectivity index (χ0v) is 20.0. The predicted octanol–water partition coefficient (Wildman–Crippen LogP) is 2.36. The summed E-state index contributed by atoms with van der Waals surface area (Å²) in [5, 5.41) is 2.92. The molecule has 0 saturated carbocycles. The lowest BCUT2D eigenvalue weighted by atomic mass is 10.2. The topological polar surface area (TPSA) is 93.2 Å². The summed E-state index contributed by atoms with van der Waals surface area (Å²) in [5.41, 5.74) is 0.449. The van der Waals surface area contributed by atoms with Gasteiger partial charge >= 0.3 is 5.97 Å². The van der Waals surface area contributed by atoms with Crippen molar-refractivity contribution < 1.29 is 23.8 Å². The van der Waals surface area contributed by atoms with Crippen LogP contribution in [0, 0.1) is 0 Å². The molecule has 0 unspecified atom stereocenters. The van der Waals surface area contributed by atoms with Crippen molar-refractivity contribution in [3.63, 3.8) is 0 Å². The van der Waals surface area contributed by atoms with E-state index in [1.807, 2.05) is 37.3 Å². The Labute approximate surface area is 201 Å². The number of carbonyl (C=O) groups excluding carboxylic acids is 2. The first kappa shape index (κ1) is 25.3. The molecule has 0 bridgehead atoms. The molecule has 9 nitrogen and oxygen atoms in total. The average Bonchev–Trinajstić information content (AvgIpc) is 3.09. The Balaban J connectivity index is 1.36. The van der Waals surface area contributed by atoms with Crippen LogP contribution in [-0.4, -0.2) is 80.8 Å². The zero-order chi connectivity index (χ0) is 24.2. The van der Waals surface area contributed by atoms with Crippen LogP contribution in [-0.2, 0) is 9.53 Å². The van der Waals surface area contributed by atoms with Crippen LogP contribution >= 0.6 is 0 Å². The SMILES string of the molecule is CCOC(=O)c1ccc(N2CCCN(CC(=O)NCCOc3ccc(OCC)cc3)CC2)nc1. The molecule has 1 N–H and O–H groups in total. The highest BCUT2D eigenvalue weighted by Crippen LogP contribution is 2.17. The van der Waals surface area contributed by atoms with E-state index in [1.165, 1.54) is 0 Å². The van der Waals surface area contributed by atoms with Crippen molar-refractivity contribution in [1.82, 2.24) is 15.2 Å². The van der Waals surface area contributed by atoms with E-state index < -0.39 is 0 Å². The third kappa shape index (κ3) is 7.91. The fourth-order valence-electron chi connectivity index (χ4n) is 3.68. The van der Waals surface area contributed by atoms with E-state index in [0.717, 1.165) is 49.9 Å². The molecule has 3 rings (SSSR count). The molecule has 34 heavy (non-hydrogen) atoms. The highest BCUT2D eigenvalue weighted by Gasteiger charge is 2.18. The zero-order valence-electron chi connectivity index (χ0n) is 20.0. The lowest BCUT2D eigenvalue weighted by Crippen LogP contribution is -2.40. The number of rotatable bonds is 11. The summed E-state index contributed by atoms with van der Waals surface area (Å²) in [4.78, 5) is 32.9. The minimum absolute atomic E-state index is 0.0133. The summed E-state index contributed by atoms with van der Waals surface area (Å²) in [6, 6.07) is 11.0. The third-order valence-electron chi connectivity index (χ3n) is 5.37. The first-order valence-corrected chi connectivity index (χ1v) is 11.8. The van der Waals surface area contributed by atoms with Crippen molar-refractivity contribution in [3.8, 4) is 11.5 Å². The molecule has 0 radical (unpaired) electrons. The minimum atomic E-state index is -0.362. The standard InChI is InChI=1S/C25H34N4O5/c1-3-32-21-7-9-22(10-8-21)34-17-12-26-24(30)19-28-13-5-14-29(16-15-28)23-11-6-20(18-27-23)25(31)33-4-2/h6-11,18H,3-5,12-17,19H2,1-2H3,(H,26,30). The van der Waals surface area contributed by atoms with Crippen LogP contribution in [0.4, 0.5) is 5.82 Å². The minimum Gasteiger partial charge on any atom is -0.494 e. The van der Waals surface area contributed by atoms with E-state index in [2.05, 4.69) is 20.1 Å². The van der Waals surface area contributed by atoms with E-state index in [1.54, 1.807) is 19.2 Å². The lowest BCUT2D eigenvalue weighted by molar-refractivity contribution is -0.122. The van der Waals surface area contributed by atoms with Crippen LogP contribution in [0.3, 0.4) is 0 Å². The molecule has 1 aromatic carbocycles. The molecule has 0 aliphatic carbocycles. The predicted molar refractivity (Wildman–Crippen MR) is 130 cm³/mol. The van der Waals surface area contributed by atoms with Crippen molar-refractivity contribution in [2.75, 3.05) is 64.0 Å².